The molecule has 0 saturated carbocycles. The number of anilines is 1. The average Bonchev–Trinajstić information content (AvgIpc) is 3.54. The van der Waals surface area contributed by atoms with E-state index in [9.17, 15) is 9.59 Å². The number of fused-ring (bicyclic) bond motifs is 2. The van der Waals surface area contributed by atoms with Crippen molar-refractivity contribution in [2.24, 2.45) is 11.8 Å². The largest absolute Gasteiger partial charge is 0.327 e. The number of rotatable bonds is 3. The Morgan fingerprint density at radius 2 is 1.92 bits per heavy atom. The number of carbonyl (C=O) groups is 2. The second-order valence-electron chi connectivity index (χ2n) is 11.1. The summed E-state index contributed by atoms with van der Waals surface area (Å²) in [5, 5.41) is 4.01. The maximum Gasteiger partial charge on any atom is 0.313 e. The zero-order valence-corrected chi connectivity index (χ0v) is 22.9. The number of nitrogens with zero attached hydrogens (tertiary/aromatic N) is 5. The van der Waals surface area contributed by atoms with Gasteiger partial charge in [-0.15, -0.1) is 11.3 Å². The smallest absolute Gasteiger partial charge is 0.313 e. The van der Waals surface area contributed by atoms with Crippen LogP contribution in [0.4, 0.5) is 5.69 Å². The molecule has 38 heavy (non-hydrogen) atoms. The molecule has 2 aliphatic rings. The van der Waals surface area contributed by atoms with Crippen LogP contribution in [0.25, 0.3) is 15.9 Å². The Bertz CT molecular complexity index is 1490. The van der Waals surface area contributed by atoms with E-state index < -0.39 is 11.8 Å². The highest BCUT2D eigenvalue weighted by atomic mass is 32.1. The highest BCUT2D eigenvalue weighted by molar-refractivity contribution is 7.18. The van der Waals surface area contributed by atoms with Crippen molar-refractivity contribution in [3.63, 3.8) is 0 Å². The van der Waals surface area contributed by atoms with Gasteiger partial charge in [-0.3, -0.25) is 9.59 Å². The molecule has 2 aliphatic heterocycles. The van der Waals surface area contributed by atoms with Crippen molar-refractivity contribution in [3.05, 3.63) is 59.5 Å². The molecule has 4 atom stereocenters. The number of piperidine rings is 2. The van der Waals surface area contributed by atoms with Crippen molar-refractivity contribution in [2.45, 2.75) is 45.1 Å². The van der Waals surface area contributed by atoms with Gasteiger partial charge in [-0.05, 0) is 68.5 Å². The number of imidazole rings is 1. The minimum Gasteiger partial charge on any atom is -0.327 e. The van der Waals surface area contributed by atoms with Crippen molar-refractivity contribution in [1.82, 2.24) is 24.2 Å². The Hall–Kier alpha value is -3.30. The van der Waals surface area contributed by atoms with Gasteiger partial charge >= 0.3 is 11.8 Å². The number of pyridine rings is 1. The number of thiazole rings is 1. The van der Waals surface area contributed by atoms with Crippen molar-refractivity contribution in [3.8, 4) is 0 Å². The topological polar surface area (TPSA) is 82.8 Å². The van der Waals surface area contributed by atoms with Gasteiger partial charge in [0.1, 0.15) is 5.65 Å². The molecule has 8 nitrogen and oxygen atoms in total. The van der Waals surface area contributed by atoms with Gasteiger partial charge in [0.05, 0.1) is 21.3 Å². The van der Waals surface area contributed by atoms with E-state index in [2.05, 4.69) is 54.3 Å². The quantitative estimate of drug-likeness (QED) is 0.380. The highest BCUT2D eigenvalue weighted by Crippen LogP contribution is 2.39. The van der Waals surface area contributed by atoms with Crippen LogP contribution in [0.15, 0.2) is 48.9 Å². The molecule has 0 radical (unpaired) electrons. The number of likely N-dealkylation sites (tertiary alicyclic amines) is 2. The molecule has 2 saturated heterocycles. The van der Waals surface area contributed by atoms with Gasteiger partial charge in [0, 0.05) is 49.4 Å². The van der Waals surface area contributed by atoms with Crippen molar-refractivity contribution < 1.29 is 9.59 Å². The lowest BCUT2D eigenvalue weighted by Gasteiger charge is -2.38. The molecule has 2 amide bonds. The van der Waals surface area contributed by atoms with Crippen molar-refractivity contribution in [1.29, 1.82) is 0 Å². The summed E-state index contributed by atoms with van der Waals surface area (Å²) in [6.45, 7) is 7.22. The minimum absolute atomic E-state index is 0.143. The van der Waals surface area contributed by atoms with Crippen LogP contribution in [0, 0.1) is 11.8 Å². The molecule has 0 aliphatic carbocycles. The maximum atomic E-state index is 13.5. The second-order valence-corrected chi connectivity index (χ2v) is 12.2. The van der Waals surface area contributed by atoms with Crippen LogP contribution in [0.3, 0.4) is 0 Å². The van der Waals surface area contributed by atoms with Gasteiger partial charge in [0.15, 0.2) is 0 Å². The predicted molar refractivity (Wildman–Crippen MR) is 150 cm³/mol. The lowest BCUT2D eigenvalue weighted by molar-refractivity contribution is -0.146. The predicted octanol–water partition coefficient (Wildman–Crippen LogP) is 4.94. The van der Waals surface area contributed by atoms with Crippen LogP contribution >= 0.6 is 11.3 Å². The lowest BCUT2D eigenvalue weighted by atomic mass is 9.87. The molecule has 0 spiro atoms. The summed E-state index contributed by atoms with van der Waals surface area (Å²) in [6.07, 6.45) is 8.33. The summed E-state index contributed by atoms with van der Waals surface area (Å²) in [5.41, 5.74) is 3.32. The normalized spacial score (nSPS) is 24.7. The van der Waals surface area contributed by atoms with E-state index in [1.807, 2.05) is 16.8 Å². The SMILES string of the molecule is C[C@H]1CC[C@H](c2ccc3sc([C@H]4CCN(C)C[C@H]4C)nc3c2)N(C(=O)C(=O)Nc2ccn3ccnc3c2)C1. The van der Waals surface area contributed by atoms with Gasteiger partial charge in [0.25, 0.3) is 0 Å². The number of nitrogens with one attached hydrogen (secondary N) is 1. The van der Waals surface area contributed by atoms with E-state index in [1.165, 1.54) is 9.71 Å². The number of hydrogen-bond donors (Lipinski definition) is 1. The Kier molecular flexibility index (Phi) is 6.65. The van der Waals surface area contributed by atoms with Gasteiger partial charge < -0.3 is 19.5 Å². The monoisotopic (exact) mass is 530 g/mol. The van der Waals surface area contributed by atoms with E-state index in [1.54, 1.807) is 34.6 Å². The van der Waals surface area contributed by atoms with E-state index in [4.69, 9.17) is 4.98 Å². The van der Waals surface area contributed by atoms with Crippen molar-refractivity contribution in [2.75, 3.05) is 32.0 Å². The third kappa shape index (κ3) is 4.80. The molecule has 4 aromatic rings. The standard InChI is InChI=1S/C29H34N6O2S/c1-18-4-6-24(35(16-18)29(37)27(36)31-21-8-12-34-13-10-30-26(34)15-21)20-5-7-25-23(14-20)32-28(38-25)22-9-11-33(3)17-19(22)2/h5,7-8,10,12-15,18-19,22,24H,4,6,9,11,16-17H2,1-3H3,(H,31,36)/t18-,19+,22-,24+/m0/s1. The Morgan fingerprint density at radius 1 is 1.05 bits per heavy atom. The van der Waals surface area contributed by atoms with Crippen LogP contribution < -0.4 is 5.32 Å². The molecular weight excluding hydrogens is 496 g/mol. The molecule has 3 aromatic heterocycles. The average molecular weight is 531 g/mol. The molecule has 198 valence electrons. The summed E-state index contributed by atoms with van der Waals surface area (Å²) in [5.74, 6) is 0.294. The second kappa shape index (κ2) is 10.1. The van der Waals surface area contributed by atoms with Gasteiger partial charge in [-0.1, -0.05) is 19.9 Å². The van der Waals surface area contributed by atoms with E-state index >= 15 is 0 Å². The highest BCUT2D eigenvalue weighted by Gasteiger charge is 2.35. The summed E-state index contributed by atoms with van der Waals surface area (Å²) < 4.78 is 3.04. The fraction of sp³-hybridized carbons (Fsp3) is 0.448. The maximum absolute atomic E-state index is 13.5. The van der Waals surface area contributed by atoms with E-state index in [0.29, 0.717) is 35.6 Å². The Labute approximate surface area is 226 Å². The Morgan fingerprint density at radius 3 is 2.76 bits per heavy atom. The van der Waals surface area contributed by atoms with Gasteiger partial charge in [-0.2, -0.15) is 0 Å². The number of amides is 2. The lowest BCUT2D eigenvalue weighted by Crippen LogP contribution is -2.46. The first kappa shape index (κ1) is 25.0. The molecule has 0 unspecified atom stereocenters. The molecule has 2 fully saturated rings. The molecule has 1 aromatic carbocycles. The molecule has 9 heteroatoms. The molecule has 1 N–H and O–H groups in total. The summed E-state index contributed by atoms with van der Waals surface area (Å²) in [7, 11) is 2.19. The zero-order valence-electron chi connectivity index (χ0n) is 22.1. The third-order valence-electron chi connectivity index (χ3n) is 8.17. The molecule has 6 rings (SSSR count). The summed E-state index contributed by atoms with van der Waals surface area (Å²) in [4.78, 5) is 40.0. The van der Waals surface area contributed by atoms with Crippen LogP contribution in [-0.4, -0.2) is 62.7 Å². The van der Waals surface area contributed by atoms with Crippen LogP contribution in [0.5, 0.6) is 0 Å². The van der Waals surface area contributed by atoms with E-state index in [0.717, 1.165) is 43.4 Å². The zero-order chi connectivity index (χ0) is 26.4. The summed E-state index contributed by atoms with van der Waals surface area (Å²) >= 11 is 1.80. The molecular formula is C29H34N6O2S. The molecule has 0 bridgehead atoms. The first-order chi connectivity index (χ1) is 18.4. The van der Waals surface area contributed by atoms with Crippen molar-refractivity contribution >= 4 is 44.7 Å². The van der Waals surface area contributed by atoms with Crippen LogP contribution in [-0.2, 0) is 9.59 Å². The minimum atomic E-state index is -0.617. The van der Waals surface area contributed by atoms with Gasteiger partial charge in [-0.25, -0.2) is 9.97 Å². The number of aromatic nitrogens is 3. The third-order valence-corrected chi connectivity index (χ3v) is 9.34. The summed E-state index contributed by atoms with van der Waals surface area (Å²) in [6, 6.07) is 9.80. The fourth-order valence-corrected chi connectivity index (χ4v) is 7.29. The number of hydrogen-bond acceptors (Lipinski definition) is 6. The first-order valence-electron chi connectivity index (χ1n) is 13.5. The van der Waals surface area contributed by atoms with Crippen LogP contribution in [0.2, 0.25) is 0 Å². The van der Waals surface area contributed by atoms with Gasteiger partial charge in [0.2, 0.25) is 0 Å². The van der Waals surface area contributed by atoms with Crippen LogP contribution in [0.1, 0.15) is 55.6 Å². The first-order valence-corrected chi connectivity index (χ1v) is 14.3. The number of benzene rings is 1. The van der Waals surface area contributed by atoms with E-state index in [-0.39, 0.29) is 6.04 Å². The number of carbonyl (C=O) groups excluding carboxylic acids is 2. The Balaban J connectivity index is 1.23. The fourth-order valence-electron chi connectivity index (χ4n) is 6.08. The molecule has 5 heterocycles.